The number of nitrogens with zero attached hydrogens (tertiary/aromatic N) is 4. The summed E-state index contributed by atoms with van der Waals surface area (Å²) < 4.78 is 5.13. The molecule has 0 aliphatic rings. The molecular weight excluding hydrogens is 296 g/mol. The average molecular weight is 318 g/mol. The van der Waals surface area contributed by atoms with Crippen molar-refractivity contribution in [1.82, 2.24) is 10.0 Å². The molecule has 0 aromatic carbocycles. The van der Waals surface area contributed by atoms with E-state index in [9.17, 15) is 5.21 Å². The predicted molar refractivity (Wildman–Crippen MR) is 90.9 cm³/mol. The maximum atomic E-state index is 9.83. The first-order valence-electron chi connectivity index (χ1n) is 7.07. The molecule has 0 radical (unpaired) electrons. The van der Waals surface area contributed by atoms with Crippen LogP contribution >= 0.6 is 0 Å². The number of aromatic nitrogens is 1. The Labute approximate surface area is 135 Å². The molecule has 1 heterocycles. The maximum absolute atomic E-state index is 9.83. The van der Waals surface area contributed by atoms with Crippen LogP contribution in [0.25, 0.3) is 0 Å². The molecule has 23 heavy (non-hydrogen) atoms. The summed E-state index contributed by atoms with van der Waals surface area (Å²) >= 11 is 0. The Kier molecular flexibility index (Phi) is 7.41. The molecule has 0 aliphatic heterocycles. The smallest absolute Gasteiger partial charge is 0.167 e. The minimum Gasteiger partial charge on any atom is -0.501 e. The minimum atomic E-state index is -0.495. The molecule has 0 spiro atoms. The van der Waals surface area contributed by atoms with Gasteiger partial charge >= 0.3 is 0 Å². The lowest BCUT2D eigenvalue weighted by Gasteiger charge is -2.16. The molecule has 0 aliphatic carbocycles. The molecule has 8 nitrogen and oxygen atoms in total. The quantitative estimate of drug-likeness (QED) is 0.307. The largest absolute Gasteiger partial charge is 0.501 e. The number of rotatable bonds is 7. The summed E-state index contributed by atoms with van der Waals surface area (Å²) in [6.45, 7) is 3.72. The molecular formula is C15H22N6O2. The second-order valence-electron chi connectivity index (χ2n) is 4.48. The molecule has 4 N–H and O–H groups in total. The molecule has 0 saturated carbocycles. The van der Waals surface area contributed by atoms with E-state index in [1.165, 1.54) is 6.20 Å². The van der Waals surface area contributed by atoms with Crippen LogP contribution < -0.4 is 5.73 Å². The summed E-state index contributed by atoms with van der Waals surface area (Å²) in [6.07, 6.45) is 5.86. The van der Waals surface area contributed by atoms with Gasteiger partial charge in [-0.05, 0) is 25.1 Å². The lowest BCUT2D eigenvalue weighted by molar-refractivity contribution is 0.0689. The van der Waals surface area contributed by atoms with Gasteiger partial charge in [0.2, 0.25) is 0 Å². The topological polar surface area (TPSA) is 120 Å². The SMILES string of the molecule is CC/C(=C\C=N/C(C)/N=C(/c1cccnc1N)N(O)C=N)OC. The fourth-order valence-electron chi connectivity index (χ4n) is 1.71. The number of amidine groups is 1. The summed E-state index contributed by atoms with van der Waals surface area (Å²) in [5.41, 5.74) is 6.22. The van der Waals surface area contributed by atoms with Crippen LogP contribution in [0.4, 0.5) is 5.82 Å². The van der Waals surface area contributed by atoms with Crippen molar-refractivity contribution in [2.75, 3.05) is 12.8 Å². The number of pyridine rings is 1. The Morgan fingerprint density at radius 1 is 1.61 bits per heavy atom. The molecule has 0 fully saturated rings. The minimum absolute atomic E-state index is 0.0988. The van der Waals surface area contributed by atoms with Gasteiger partial charge in [-0.25, -0.2) is 9.98 Å². The van der Waals surface area contributed by atoms with Gasteiger partial charge in [0, 0.05) is 18.8 Å². The van der Waals surface area contributed by atoms with Crippen LogP contribution in [0.5, 0.6) is 0 Å². The van der Waals surface area contributed by atoms with E-state index in [-0.39, 0.29) is 11.7 Å². The summed E-state index contributed by atoms with van der Waals surface area (Å²) in [6, 6.07) is 3.33. The normalized spacial score (nSPS) is 13.9. The number of aliphatic imine (C=N–C) groups is 2. The lowest BCUT2D eigenvalue weighted by Crippen LogP contribution is -2.28. The standard InChI is InChI=1S/C15H22N6O2/c1-4-12(23-3)7-9-18-11(2)20-15(21(22)10-16)13-6-5-8-19-14(13)17/h5-11,16,22H,4H2,1-3H3,(H2,17,19)/b12-7+,16-10?,18-9-,20-15-. The van der Waals surface area contributed by atoms with Crippen molar-refractivity contribution in [2.45, 2.75) is 26.4 Å². The van der Waals surface area contributed by atoms with E-state index in [1.54, 1.807) is 38.5 Å². The van der Waals surface area contributed by atoms with Crippen LogP contribution in [0.1, 0.15) is 25.8 Å². The van der Waals surface area contributed by atoms with Gasteiger partial charge in [-0.15, -0.1) is 0 Å². The molecule has 1 unspecified atom stereocenters. The molecule has 1 aromatic rings. The molecule has 0 saturated heterocycles. The zero-order valence-corrected chi connectivity index (χ0v) is 13.5. The van der Waals surface area contributed by atoms with Crippen LogP contribution in [-0.4, -0.2) is 46.9 Å². The number of ether oxygens (including phenoxy) is 1. The van der Waals surface area contributed by atoms with E-state index >= 15 is 0 Å². The van der Waals surface area contributed by atoms with Crippen molar-refractivity contribution in [3.05, 3.63) is 35.7 Å². The third kappa shape index (κ3) is 5.51. The first kappa shape index (κ1) is 18.3. The zero-order valence-electron chi connectivity index (χ0n) is 13.5. The van der Waals surface area contributed by atoms with E-state index in [2.05, 4.69) is 15.0 Å². The van der Waals surface area contributed by atoms with Crippen LogP contribution in [0.2, 0.25) is 0 Å². The second-order valence-corrected chi connectivity index (χ2v) is 4.48. The Bertz CT molecular complexity index is 606. The number of hydroxylamine groups is 2. The lowest BCUT2D eigenvalue weighted by atomic mass is 10.2. The number of methoxy groups -OCH3 is 1. The van der Waals surface area contributed by atoms with Crippen molar-refractivity contribution in [2.24, 2.45) is 9.98 Å². The fraction of sp³-hybridized carbons (Fsp3) is 0.333. The monoisotopic (exact) mass is 318 g/mol. The highest BCUT2D eigenvalue weighted by atomic mass is 16.5. The van der Waals surface area contributed by atoms with Gasteiger partial charge in [-0.1, -0.05) is 6.92 Å². The van der Waals surface area contributed by atoms with Gasteiger partial charge in [0.15, 0.2) is 5.84 Å². The molecule has 8 heteroatoms. The van der Waals surface area contributed by atoms with Crippen molar-refractivity contribution in [1.29, 1.82) is 5.41 Å². The van der Waals surface area contributed by atoms with Crippen LogP contribution in [0, 0.1) is 5.41 Å². The van der Waals surface area contributed by atoms with E-state index < -0.39 is 6.17 Å². The number of nitrogen functional groups attached to an aromatic ring is 1. The highest BCUT2D eigenvalue weighted by Gasteiger charge is 2.14. The van der Waals surface area contributed by atoms with Gasteiger partial charge in [-0.3, -0.25) is 15.6 Å². The number of hydrogen-bond donors (Lipinski definition) is 3. The molecule has 1 aromatic heterocycles. The van der Waals surface area contributed by atoms with Gasteiger partial charge in [0.05, 0.1) is 18.4 Å². The van der Waals surface area contributed by atoms with E-state index in [4.69, 9.17) is 15.9 Å². The highest BCUT2D eigenvalue weighted by molar-refractivity contribution is 6.06. The third-order valence-corrected chi connectivity index (χ3v) is 2.90. The van der Waals surface area contributed by atoms with Crippen molar-refractivity contribution >= 4 is 24.2 Å². The maximum Gasteiger partial charge on any atom is 0.167 e. The summed E-state index contributed by atoms with van der Waals surface area (Å²) in [5.74, 6) is 1.10. The summed E-state index contributed by atoms with van der Waals surface area (Å²) in [7, 11) is 1.60. The summed E-state index contributed by atoms with van der Waals surface area (Å²) in [4.78, 5) is 12.5. The van der Waals surface area contributed by atoms with Gasteiger partial charge in [-0.2, -0.15) is 5.06 Å². The molecule has 0 bridgehead atoms. The predicted octanol–water partition coefficient (Wildman–Crippen LogP) is 2.07. The van der Waals surface area contributed by atoms with Crippen LogP contribution in [0.15, 0.2) is 40.1 Å². The summed E-state index contributed by atoms with van der Waals surface area (Å²) in [5, 5.41) is 17.6. The molecule has 1 atom stereocenters. The Morgan fingerprint density at radius 3 is 2.91 bits per heavy atom. The number of anilines is 1. The number of nitrogens with one attached hydrogen (secondary N) is 1. The number of allylic oxidation sites excluding steroid dienone is 2. The highest BCUT2D eigenvalue weighted by Crippen LogP contribution is 2.12. The van der Waals surface area contributed by atoms with E-state index in [0.29, 0.717) is 10.6 Å². The van der Waals surface area contributed by atoms with Gasteiger partial charge in [0.1, 0.15) is 18.3 Å². The van der Waals surface area contributed by atoms with Gasteiger partial charge < -0.3 is 10.5 Å². The van der Waals surface area contributed by atoms with Crippen molar-refractivity contribution < 1.29 is 9.94 Å². The first-order valence-corrected chi connectivity index (χ1v) is 7.07. The van der Waals surface area contributed by atoms with Crippen LogP contribution in [0.3, 0.4) is 0 Å². The molecule has 124 valence electrons. The fourth-order valence-corrected chi connectivity index (χ4v) is 1.71. The van der Waals surface area contributed by atoms with Crippen molar-refractivity contribution in [3.8, 4) is 0 Å². The Hall–Kier alpha value is -2.74. The Morgan fingerprint density at radius 2 is 2.35 bits per heavy atom. The number of nitrogens with two attached hydrogens (primary N) is 1. The molecule has 1 rings (SSSR count). The number of hydrogen-bond acceptors (Lipinski definition) is 7. The van der Waals surface area contributed by atoms with Crippen molar-refractivity contribution in [3.63, 3.8) is 0 Å². The molecule has 0 amide bonds. The third-order valence-electron chi connectivity index (χ3n) is 2.90. The zero-order chi connectivity index (χ0) is 17.2. The van der Waals surface area contributed by atoms with Gasteiger partial charge in [0.25, 0.3) is 0 Å². The second kappa shape index (κ2) is 9.31. The first-order chi connectivity index (χ1) is 11.0. The van der Waals surface area contributed by atoms with Crippen LogP contribution in [-0.2, 0) is 4.74 Å². The average Bonchev–Trinajstić information content (AvgIpc) is 2.56. The van der Waals surface area contributed by atoms with E-state index in [1.807, 2.05) is 6.92 Å². The van der Waals surface area contributed by atoms with E-state index in [0.717, 1.165) is 18.5 Å². The Balaban J connectivity index is 3.06.